The Morgan fingerprint density at radius 2 is 2.12 bits per heavy atom. The molecule has 0 N–H and O–H groups in total. The number of fused-ring (bicyclic) bond motifs is 1. The molecule has 9 heteroatoms. The van der Waals surface area contributed by atoms with Gasteiger partial charge in [-0.05, 0) is 30.7 Å². The summed E-state index contributed by atoms with van der Waals surface area (Å²) < 4.78 is 19.3. The molecule has 0 saturated heterocycles. The maximum Gasteiger partial charge on any atom is 0.307 e. The topological polar surface area (TPSA) is 73.6 Å². The first kappa shape index (κ1) is 18.5. The van der Waals surface area contributed by atoms with Crippen molar-refractivity contribution in [3.8, 4) is 0 Å². The summed E-state index contributed by atoms with van der Waals surface area (Å²) in [5.74, 6) is -0.143. The lowest BCUT2D eigenvalue weighted by atomic mass is 10.4. The van der Waals surface area contributed by atoms with Crippen molar-refractivity contribution >= 4 is 34.0 Å². The van der Waals surface area contributed by atoms with Crippen LogP contribution >= 0.6 is 23.1 Å². The molecule has 0 aliphatic rings. The summed E-state index contributed by atoms with van der Waals surface area (Å²) in [6.07, 6.45) is 0.938. The molecule has 136 valence electrons. The minimum Gasteiger partial charge on any atom is -0.459 e. The highest BCUT2D eigenvalue weighted by Crippen LogP contribution is 2.19. The Morgan fingerprint density at radius 1 is 1.35 bits per heavy atom. The van der Waals surface area contributed by atoms with Crippen molar-refractivity contribution in [2.45, 2.75) is 31.3 Å². The smallest absolute Gasteiger partial charge is 0.307 e. The van der Waals surface area contributed by atoms with Gasteiger partial charge in [0.15, 0.2) is 0 Å². The van der Waals surface area contributed by atoms with Gasteiger partial charge in [-0.3, -0.25) is 9.59 Å². The summed E-state index contributed by atoms with van der Waals surface area (Å²) in [4.78, 5) is 29.6. The molecule has 0 aliphatic carbocycles. The Labute approximate surface area is 157 Å². The van der Waals surface area contributed by atoms with E-state index < -0.39 is 0 Å². The Kier molecular flexibility index (Phi) is 6.00. The fourth-order valence-electron chi connectivity index (χ4n) is 2.12. The molecule has 0 fully saturated rings. The van der Waals surface area contributed by atoms with E-state index in [4.69, 9.17) is 4.74 Å². The first-order chi connectivity index (χ1) is 12.5. The van der Waals surface area contributed by atoms with Crippen molar-refractivity contribution in [3.05, 3.63) is 57.2 Å². The number of aromatic nitrogens is 3. The van der Waals surface area contributed by atoms with Crippen molar-refractivity contribution in [2.75, 3.05) is 5.75 Å². The van der Waals surface area contributed by atoms with Gasteiger partial charge < -0.3 is 4.74 Å². The van der Waals surface area contributed by atoms with Crippen LogP contribution in [0.25, 0.3) is 4.96 Å². The highest BCUT2D eigenvalue weighted by Gasteiger charge is 2.10. The van der Waals surface area contributed by atoms with Crippen LogP contribution in [0.2, 0.25) is 0 Å². The number of rotatable bonds is 7. The van der Waals surface area contributed by atoms with Crippen LogP contribution < -0.4 is 5.56 Å². The van der Waals surface area contributed by atoms with Crippen LogP contribution in [-0.4, -0.2) is 26.3 Å². The molecule has 0 saturated carbocycles. The summed E-state index contributed by atoms with van der Waals surface area (Å²) in [6.45, 7) is 1.90. The van der Waals surface area contributed by atoms with Crippen molar-refractivity contribution in [1.29, 1.82) is 0 Å². The highest BCUT2D eigenvalue weighted by molar-refractivity contribution is 7.99. The van der Waals surface area contributed by atoms with Crippen LogP contribution in [0.3, 0.4) is 0 Å². The third-order valence-corrected chi connectivity index (χ3v) is 5.48. The molecule has 0 radical (unpaired) electrons. The molecule has 0 atom stereocenters. The third-order valence-electron chi connectivity index (χ3n) is 3.41. The number of esters is 1. The summed E-state index contributed by atoms with van der Waals surface area (Å²) in [5.41, 5.74) is 0.115. The lowest BCUT2D eigenvalue weighted by Gasteiger charge is -2.04. The molecule has 2 aromatic heterocycles. The monoisotopic (exact) mass is 393 g/mol. The molecule has 0 spiro atoms. The average molecular weight is 393 g/mol. The van der Waals surface area contributed by atoms with E-state index in [1.165, 1.54) is 45.8 Å². The Bertz CT molecular complexity index is 970. The predicted molar refractivity (Wildman–Crippen MR) is 98.0 cm³/mol. The summed E-state index contributed by atoms with van der Waals surface area (Å²) in [6, 6.07) is 7.41. The van der Waals surface area contributed by atoms with Crippen LogP contribution in [0, 0.1) is 5.82 Å². The van der Waals surface area contributed by atoms with Crippen molar-refractivity contribution < 1.29 is 13.9 Å². The van der Waals surface area contributed by atoms with Crippen molar-refractivity contribution in [2.24, 2.45) is 0 Å². The lowest BCUT2D eigenvalue weighted by molar-refractivity contribution is -0.144. The quantitative estimate of drug-likeness (QED) is 0.454. The first-order valence-electron chi connectivity index (χ1n) is 7.98. The van der Waals surface area contributed by atoms with Gasteiger partial charge in [-0.2, -0.15) is 9.61 Å². The van der Waals surface area contributed by atoms with Crippen LogP contribution in [0.4, 0.5) is 4.39 Å². The van der Waals surface area contributed by atoms with Gasteiger partial charge in [-0.15, -0.1) is 11.8 Å². The molecule has 2 heterocycles. The van der Waals surface area contributed by atoms with Gasteiger partial charge in [0.1, 0.15) is 17.4 Å². The molecule has 0 amide bonds. The largest absolute Gasteiger partial charge is 0.459 e. The number of carbonyl (C=O) groups excluding carboxylic acids is 1. The average Bonchev–Trinajstić information content (AvgIpc) is 3.05. The molecular formula is C17H16FN3O3S2. The van der Waals surface area contributed by atoms with E-state index in [0.29, 0.717) is 16.4 Å². The summed E-state index contributed by atoms with van der Waals surface area (Å²) in [5, 5.41) is 4.99. The fraction of sp³-hybridized carbons (Fsp3) is 0.294. The van der Waals surface area contributed by atoms with Crippen molar-refractivity contribution in [1.82, 2.24) is 14.6 Å². The standard InChI is InChI=1S/C17H16FN3O3S2/c1-2-14-20-21-15(22)9-12(19-17(21)26-14)10-24-16(23)7-8-25-13-5-3-11(18)4-6-13/h3-6,9H,2,7-8,10H2,1H3. The normalized spacial score (nSPS) is 11.0. The van der Waals surface area contributed by atoms with Gasteiger partial charge in [0.2, 0.25) is 4.96 Å². The van der Waals surface area contributed by atoms with Crippen LogP contribution in [0.1, 0.15) is 24.0 Å². The molecule has 3 rings (SSSR count). The lowest BCUT2D eigenvalue weighted by Crippen LogP contribution is -2.16. The Morgan fingerprint density at radius 3 is 2.85 bits per heavy atom. The number of aryl methyl sites for hydroxylation is 1. The molecule has 6 nitrogen and oxygen atoms in total. The van der Waals surface area contributed by atoms with Gasteiger partial charge in [-0.25, -0.2) is 9.37 Å². The van der Waals surface area contributed by atoms with E-state index >= 15 is 0 Å². The molecule has 26 heavy (non-hydrogen) atoms. The molecule has 3 aromatic rings. The number of hydrogen-bond donors (Lipinski definition) is 0. The fourth-order valence-corrected chi connectivity index (χ4v) is 3.81. The maximum atomic E-state index is 12.8. The van der Waals surface area contributed by atoms with E-state index in [0.717, 1.165) is 16.3 Å². The summed E-state index contributed by atoms with van der Waals surface area (Å²) in [7, 11) is 0. The van der Waals surface area contributed by atoms with Gasteiger partial charge in [0.25, 0.3) is 5.56 Å². The van der Waals surface area contributed by atoms with E-state index in [9.17, 15) is 14.0 Å². The van der Waals surface area contributed by atoms with E-state index in [1.54, 1.807) is 12.1 Å². The second-order valence-electron chi connectivity index (χ2n) is 5.34. The Hall–Kier alpha value is -2.26. The van der Waals surface area contributed by atoms with Crippen LogP contribution in [-0.2, 0) is 22.6 Å². The van der Waals surface area contributed by atoms with Crippen LogP contribution in [0.5, 0.6) is 0 Å². The zero-order valence-corrected chi connectivity index (χ0v) is 15.6. The molecule has 0 aliphatic heterocycles. The number of thioether (sulfide) groups is 1. The van der Waals surface area contributed by atoms with Gasteiger partial charge >= 0.3 is 5.97 Å². The van der Waals surface area contributed by atoms with Gasteiger partial charge in [0, 0.05) is 16.7 Å². The second kappa shape index (κ2) is 8.41. The summed E-state index contributed by atoms with van der Waals surface area (Å²) >= 11 is 2.79. The Balaban J connectivity index is 1.51. The maximum absolute atomic E-state index is 12.8. The zero-order chi connectivity index (χ0) is 18.5. The molecular weight excluding hydrogens is 377 g/mol. The number of benzene rings is 1. The molecule has 0 bridgehead atoms. The minimum atomic E-state index is -0.375. The highest BCUT2D eigenvalue weighted by atomic mass is 32.2. The van der Waals surface area contributed by atoms with E-state index in [2.05, 4.69) is 10.1 Å². The number of hydrogen-bond acceptors (Lipinski definition) is 7. The molecule has 1 aromatic carbocycles. The third kappa shape index (κ3) is 4.67. The van der Waals surface area contributed by atoms with E-state index in [1.807, 2.05) is 6.92 Å². The van der Waals surface area contributed by atoms with Gasteiger partial charge in [0.05, 0.1) is 12.1 Å². The second-order valence-corrected chi connectivity index (χ2v) is 7.55. The number of carbonyl (C=O) groups is 1. The number of ether oxygens (including phenoxy) is 1. The number of halogens is 1. The zero-order valence-electron chi connectivity index (χ0n) is 14.0. The SMILES string of the molecule is CCc1nn2c(=O)cc(COC(=O)CCSc3ccc(F)cc3)nc2s1. The first-order valence-corrected chi connectivity index (χ1v) is 9.78. The van der Waals surface area contributed by atoms with Crippen LogP contribution in [0.15, 0.2) is 40.0 Å². The number of nitrogens with zero attached hydrogens (tertiary/aromatic N) is 3. The van der Waals surface area contributed by atoms with E-state index in [-0.39, 0.29) is 30.4 Å². The minimum absolute atomic E-state index is 0.0504. The van der Waals surface area contributed by atoms with Crippen molar-refractivity contribution in [3.63, 3.8) is 0 Å². The molecule has 0 unspecified atom stereocenters. The predicted octanol–water partition coefficient (Wildman–Crippen LogP) is 3.08. The van der Waals surface area contributed by atoms with Gasteiger partial charge in [-0.1, -0.05) is 18.3 Å².